The van der Waals surface area contributed by atoms with Crippen molar-refractivity contribution in [3.63, 3.8) is 0 Å². The molecule has 0 spiro atoms. The summed E-state index contributed by atoms with van der Waals surface area (Å²) in [6.45, 7) is 2.79. The maximum Gasteiger partial charge on any atom is 0.164 e. The average Bonchev–Trinajstić information content (AvgIpc) is 2.90. The first kappa shape index (κ1) is 10.1. The van der Waals surface area contributed by atoms with Gasteiger partial charge in [-0.25, -0.2) is 0 Å². The lowest BCUT2D eigenvalue weighted by Gasteiger charge is -2.17. The minimum Gasteiger partial charge on any atom is -0.381 e. The second-order valence-electron chi connectivity index (χ2n) is 4.83. The van der Waals surface area contributed by atoms with E-state index in [4.69, 9.17) is 4.74 Å². The quantitative estimate of drug-likeness (QED) is 0.762. The smallest absolute Gasteiger partial charge is 0.164 e. The number of aromatic nitrogens is 1. The van der Waals surface area contributed by atoms with Crippen molar-refractivity contribution in [2.75, 3.05) is 13.2 Å². The summed E-state index contributed by atoms with van der Waals surface area (Å²) in [7, 11) is 0. The van der Waals surface area contributed by atoms with Crippen LogP contribution in [0.4, 0.5) is 0 Å². The molecule has 0 bridgehead atoms. The Morgan fingerprint density at radius 3 is 3.19 bits per heavy atom. The van der Waals surface area contributed by atoms with Gasteiger partial charge in [0.1, 0.15) is 0 Å². The number of fused-ring (bicyclic) bond motifs is 1. The SMILES string of the molecule is O=C1CCCc2c1ccn2CC1CCOC1. The van der Waals surface area contributed by atoms with Gasteiger partial charge in [0, 0.05) is 42.9 Å². The summed E-state index contributed by atoms with van der Waals surface area (Å²) in [5.74, 6) is 0.955. The predicted molar refractivity (Wildman–Crippen MR) is 60.6 cm³/mol. The monoisotopic (exact) mass is 219 g/mol. The van der Waals surface area contributed by atoms with Gasteiger partial charge < -0.3 is 9.30 Å². The fraction of sp³-hybridized carbons (Fsp3) is 0.615. The maximum atomic E-state index is 11.7. The molecule has 1 atom stereocenters. The Hall–Kier alpha value is -1.09. The number of carbonyl (C=O) groups is 1. The van der Waals surface area contributed by atoms with Gasteiger partial charge in [0.05, 0.1) is 6.61 Å². The van der Waals surface area contributed by atoms with E-state index in [9.17, 15) is 4.79 Å². The molecule has 3 rings (SSSR count). The lowest BCUT2D eigenvalue weighted by Crippen LogP contribution is -2.16. The molecule has 16 heavy (non-hydrogen) atoms. The summed E-state index contributed by atoms with van der Waals surface area (Å²) >= 11 is 0. The zero-order valence-electron chi connectivity index (χ0n) is 9.45. The third kappa shape index (κ3) is 1.69. The van der Waals surface area contributed by atoms with Crippen LogP contribution in [0, 0.1) is 5.92 Å². The standard InChI is InChI=1S/C13H17NO2/c15-13-3-1-2-12-11(13)4-6-14(12)8-10-5-7-16-9-10/h4,6,10H,1-3,5,7-9H2. The maximum absolute atomic E-state index is 11.7. The third-order valence-corrected chi connectivity index (χ3v) is 3.68. The summed E-state index contributed by atoms with van der Waals surface area (Å²) in [6, 6.07) is 1.99. The first-order valence-electron chi connectivity index (χ1n) is 6.13. The van der Waals surface area contributed by atoms with E-state index < -0.39 is 0 Å². The van der Waals surface area contributed by atoms with Crippen LogP contribution in [0.5, 0.6) is 0 Å². The van der Waals surface area contributed by atoms with Gasteiger partial charge in [0.25, 0.3) is 0 Å². The highest BCUT2D eigenvalue weighted by Crippen LogP contribution is 2.24. The largest absolute Gasteiger partial charge is 0.381 e. The first-order valence-corrected chi connectivity index (χ1v) is 6.13. The normalized spacial score (nSPS) is 24.8. The van der Waals surface area contributed by atoms with Crippen LogP contribution in [0.25, 0.3) is 0 Å². The van der Waals surface area contributed by atoms with Crippen molar-refractivity contribution in [2.24, 2.45) is 5.92 Å². The Kier molecular flexibility index (Phi) is 2.56. The van der Waals surface area contributed by atoms with Crippen LogP contribution in [0.3, 0.4) is 0 Å². The molecular formula is C13H17NO2. The zero-order valence-corrected chi connectivity index (χ0v) is 9.45. The molecule has 0 amide bonds. The highest BCUT2D eigenvalue weighted by Gasteiger charge is 2.23. The minimum absolute atomic E-state index is 0.322. The van der Waals surface area contributed by atoms with Gasteiger partial charge in [-0.05, 0) is 25.3 Å². The molecule has 3 heteroatoms. The van der Waals surface area contributed by atoms with E-state index in [2.05, 4.69) is 10.8 Å². The van der Waals surface area contributed by atoms with Crippen LogP contribution in [0.1, 0.15) is 35.3 Å². The van der Waals surface area contributed by atoms with Crippen LogP contribution in [0.15, 0.2) is 12.3 Å². The van der Waals surface area contributed by atoms with Gasteiger partial charge >= 0.3 is 0 Å². The predicted octanol–water partition coefficient (Wildman–Crippen LogP) is 2.04. The molecule has 2 aliphatic rings. The van der Waals surface area contributed by atoms with Gasteiger partial charge in [0.2, 0.25) is 0 Å². The summed E-state index contributed by atoms with van der Waals surface area (Å²) < 4.78 is 7.66. The van der Waals surface area contributed by atoms with Crippen molar-refractivity contribution >= 4 is 5.78 Å². The lowest BCUT2D eigenvalue weighted by atomic mass is 9.96. The zero-order chi connectivity index (χ0) is 11.0. The Morgan fingerprint density at radius 1 is 1.44 bits per heavy atom. The summed E-state index contributed by atoms with van der Waals surface area (Å²) in [4.78, 5) is 11.7. The van der Waals surface area contributed by atoms with Crippen molar-refractivity contribution in [2.45, 2.75) is 32.2 Å². The van der Waals surface area contributed by atoms with Crippen molar-refractivity contribution < 1.29 is 9.53 Å². The molecule has 86 valence electrons. The van der Waals surface area contributed by atoms with E-state index >= 15 is 0 Å². The van der Waals surface area contributed by atoms with E-state index in [-0.39, 0.29) is 0 Å². The molecule has 1 aliphatic carbocycles. The van der Waals surface area contributed by atoms with Crippen molar-refractivity contribution in [3.8, 4) is 0 Å². The molecular weight excluding hydrogens is 202 g/mol. The number of hydrogen-bond donors (Lipinski definition) is 0. The van der Waals surface area contributed by atoms with Crippen LogP contribution in [-0.2, 0) is 17.7 Å². The Bertz CT molecular complexity index is 402. The molecule has 3 nitrogen and oxygen atoms in total. The molecule has 1 aliphatic heterocycles. The molecule has 1 aromatic heterocycles. The van der Waals surface area contributed by atoms with Gasteiger partial charge in [-0.2, -0.15) is 0 Å². The lowest BCUT2D eigenvalue weighted by molar-refractivity contribution is 0.0971. The van der Waals surface area contributed by atoms with Gasteiger partial charge in [-0.3, -0.25) is 4.79 Å². The summed E-state index contributed by atoms with van der Waals surface area (Å²) in [5.41, 5.74) is 2.22. The Morgan fingerprint density at radius 2 is 2.38 bits per heavy atom. The second kappa shape index (κ2) is 4.06. The molecule has 1 unspecified atom stereocenters. The molecule has 1 fully saturated rings. The molecule has 1 saturated heterocycles. The average molecular weight is 219 g/mol. The van der Waals surface area contributed by atoms with Crippen LogP contribution in [0.2, 0.25) is 0 Å². The van der Waals surface area contributed by atoms with Gasteiger partial charge in [-0.15, -0.1) is 0 Å². The van der Waals surface area contributed by atoms with Crippen molar-refractivity contribution in [1.82, 2.24) is 4.57 Å². The number of rotatable bonds is 2. The number of carbonyl (C=O) groups excluding carboxylic acids is 1. The van der Waals surface area contributed by atoms with Crippen LogP contribution >= 0.6 is 0 Å². The number of nitrogens with zero attached hydrogens (tertiary/aromatic N) is 1. The van der Waals surface area contributed by atoms with E-state index in [0.717, 1.165) is 51.0 Å². The fourth-order valence-corrected chi connectivity index (χ4v) is 2.77. The van der Waals surface area contributed by atoms with Crippen LogP contribution < -0.4 is 0 Å². The second-order valence-corrected chi connectivity index (χ2v) is 4.83. The van der Waals surface area contributed by atoms with Crippen LogP contribution in [-0.4, -0.2) is 23.6 Å². The molecule has 0 aromatic carbocycles. The van der Waals surface area contributed by atoms with Crippen molar-refractivity contribution in [1.29, 1.82) is 0 Å². The highest BCUT2D eigenvalue weighted by molar-refractivity contribution is 5.98. The number of ketones is 1. The molecule has 0 radical (unpaired) electrons. The number of ether oxygens (including phenoxy) is 1. The topological polar surface area (TPSA) is 31.2 Å². The first-order chi connectivity index (χ1) is 7.84. The van der Waals surface area contributed by atoms with E-state index in [1.807, 2.05) is 6.07 Å². The third-order valence-electron chi connectivity index (χ3n) is 3.68. The number of Topliss-reactive ketones (excluding diaryl/α,β-unsaturated/α-hetero) is 1. The molecule has 0 saturated carbocycles. The molecule has 1 aromatic rings. The molecule has 0 N–H and O–H groups in total. The Balaban J connectivity index is 1.82. The Labute approximate surface area is 95.4 Å². The molecule has 2 heterocycles. The van der Waals surface area contributed by atoms with E-state index in [0.29, 0.717) is 11.7 Å². The summed E-state index contributed by atoms with van der Waals surface area (Å²) in [6.07, 6.45) is 6.02. The van der Waals surface area contributed by atoms with Gasteiger partial charge in [0.15, 0.2) is 5.78 Å². The number of hydrogen-bond acceptors (Lipinski definition) is 2. The van der Waals surface area contributed by atoms with Crippen molar-refractivity contribution in [3.05, 3.63) is 23.5 Å². The van der Waals surface area contributed by atoms with Gasteiger partial charge in [-0.1, -0.05) is 0 Å². The fourth-order valence-electron chi connectivity index (χ4n) is 2.77. The summed E-state index contributed by atoms with van der Waals surface area (Å²) in [5, 5.41) is 0. The highest BCUT2D eigenvalue weighted by atomic mass is 16.5. The van der Waals surface area contributed by atoms with E-state index in [1.165, 1.54) is 5.69 Å². The minimum atomic E-state index is 0.322. The van der Waals surface area contributed by atoms with E-state index in [1.54, 1.807) is 0 Å².